The van der Waals surface area contributed by atoms with Crippen LogP contribution >= 0.6 is 11.3 Å². The minimum Gasteiger partial charge on any atom is -0.477 e. The molecule has 96 valence electrons. The van der Waals surface area contributed by atoms with E-state index >= 15 is 0 Å². The number of carbonyl (C=O) groups is 1. The van der Waals surface area contributed by atoms with Gasteiger partial charge in [0, 0.05) is 0 Å². The van der Waals surface area contributed by atoms with Crippen LogP contribution in [0.5, 0.6) is 5.75 Å². The largest absolute Gasteiger partial charge is 0.477 e. The molecule has 1 amide bonds. The van der Waals surface area contributed by atoms with Gasteiger partial charge in [0.1, 0.15) is 16.7 Å². The molecule has 0 aliphatic carbocycles. The number of para-hydroxylation sites is 2. The highest BCUT2D eigenvalue weighted by molar-refractivity contribution is 7.13. The molecule has 0 spiro atoms. The summed E-state index contributed by atoms with van der Waals surface area (Å²) in [6.45, 7) is 1.78. The van der Waals surface area contributed by atoms with Gasteiger partial charge in [-0.25, -0.2) is 4.98 Å². The molecule has 0 saturated heterocycles. The van der Waals surface area contributed by atoms with Crippen molar-refractivity contribution >= 4 is 22.9 Å². The summed E-state index contributed by atoms with van der Waals surface area (Å²) >= 11 is 1.32. The highest BCUT2D eigenvalue weighted by atomic mass is 32.1. The molecule has 0 radical (unpaired) electrons. The number of anilines is 1. The number of aryl methyl sites for hydroxylation is 1. The number of ether oxygens (including phenoxy) is 1. The summed E-state index contributed by atoms with van der Waals surface area (Å²) in [5, 5.41) is 12.1. The fraction of sp³-hybridized carbons (Fsp3) is 0.154. The molecule has 0 bridgehead atoms. The molecule has 2 aromatic rings. The van der Waals surface area contributed by atoms with Crippen LogP contribution in [0.1, 0.15) is 14.7 Å². The Bertz CT molecular complexity index is 631. The summed E-state index contributed by atoms with van der Waals surface area (Å²) in [6.07, 6.45) is 1.54. The predicted molar refractivity (Wildman–Crippen MR) is 72.4 cm³/mol. The van der Waals surface area contributed by atoms with Crippen molar-refractivity contribution in [3.63, 3.8) is 0 Å². The van der Waals surface area contributed by atoms with Crippen LogP contribution in [0.2, 0.25) is 0 Å². The Labute approximate surface area is 114 Å². The average Bonchev–Trinajstić information content (AvgIpc) is 2.84. The van der Waals surface area contributed by atoms with Gasteiger partial charge >= 0.3 is 0 Å². The summed E-state index contributed by atoms with van der Waals surface area (Å²) in [6, 6.07) is 8.87. The number of benzene rings is 1. The third-order valence-corrected chi connectivity index (χ3v) is 3.18. The summed E-state index contributed by atoms with van der Waals surface area (Å²) in [5.41, 5.74) is 0.536. The average molecular weight is 273 g/mol. The van der Waals surface area contributed by atoms with E-state index in [1.165, 1.54) is 17.5 Å². The van der Waals surface area contributed by atoms with Crippen molar-refractivity contribution in [2.75, 3.05) is 11.9 Å². The normalized spacial score (nSPS) is 9.68. The van der Waals surface area contributed by atoms with E-state index in [2.05, 4.69) is 10.3 Å². The van der Waals surface area contributed by atoms with Crippen LogP contribution in [0.15, 0.2) is 30.5 Å². The zero-order valence-corrected chi connectivity index (χ0v) is 11.0. The minimum absolute atomic E-state index is 0.0629. The van der Waals surface area contributed by atoms with Gasteiger partial charge < -0.3 is 10.1 Å². The van der Waals surface area contributed by atoms with Crippen LogP contribution in [0.4, 0.5) is 5.69 Å². The lowest BCUT2D eigenvalue weighted by molar-refractivity contribution is 0.103. The Balaban J connectivity index is 2.14. The van der Waals surface area contributed by atoms with Crippen LogP contribution in [0, 0.1) is 18.3 Å². The van der Waals surface area contributed by atoms with Crippen LogP contribution < -0.4 is 10.1 Å². The molecule has 0 aliphatic heterocycles. The first kappa shape index (κ1) is 13.1. The number of nitriles is 1. The van der Waals surface area contributed by atoms with E-state index in [1.807, 2.05) is 13.0 Å². The molecular formula is C13H11N3O2S. The minimum atomic E-state index is -0.237. The van der Waals surface area contributed by atoms with E-state index < -0.39 is 0 Å². The van der Waals surface area contributed by atoms with Crippen LogP contribution in [0.3, 0.4) is 0 Å². The van der Waals surface area contributed by atoms with Crippen molar-refractivity contribution in [3.8, 4) is 11.8 Å². The van der Waals surface area contributed by atoms with Crippen molar-refractivity contribution < 1.29 is 9.53 Å². The van der Waals surface area contributed by atoms with E-state index in [1.54, 1.807) is 24.3 Å². The van der Waals surface area contributed by atoms with E-state index in [9.17, 15) is 4.79 Å². The molecule has 1 N–H and O–H groups in total. The van der Waals surface area contributed by atoms with E-state index in [-0.39, 0.29) is 12.5 Å². The second-order valence-electron chi connectivity index (χ2n) is 3.64. The van der Waals surface area contributed by atoms with E-state index in [0.29, 0.717) is 16.3 Å². The lowest BCUT2D eigenvalue weighted by Gasteiger charge is -2.09. The number of carbonyl (C=O) groups excluding carboxylic acids is 1. The summed E-state index contributed by atoms with van der Waals surface area (Å²) in [4.78, 5) is 16.6. The molecule has 1 heterocycles. The molecule has 0 fully saturated rings. The molecular weight excluding hydrogens is 262 g/mol. The van der Waals surface area contributed by atoms with Crippen LogP contribution in [0.25, 0.3) is 0 Å². The standard InChI is InChI=1S/C13H11N3O2S/c1-9-15-8-12(19-9)13(17)16-10-4-2-3-5-11(10)18-7-6-14/h2-5,8H,7H2,1H3,(H,16,17). The maximum Gasteiger partial charge on any atom is 0.267 e. The number of amides is 1. The smallest absolute Gasteiger partial charge is 0.267 e. The van der Waals surface area contributed by atoms with E-state index in [4.69, 9.17) is 10.00 Å². The topological polar surface area (TPSA) is 75.0 Å². The van der Waals surface area contributed by atoms with Crippen molar-refractivity contribution in [3.05, 3.63) is 40.3 Å². The van der Waals surface area contributed by atoms with Gasteiger partial charge in [-0.3, -0.25) is 4.79 Å². The maximum atomic E-state index is 12.0. The van der Waals surface area contributed by atoms with Crippen molar-refractivity contribution in [2.45, 2.75) is 6.92 Å². The van der Waals surface area contributed by atoms with Gasteiger partial charge in [-0.1, -0.05) is 12.1 Å². The van der Waals surface area contributed by atoms with Gasteiger partial charge in [-0.15, -0.1) is 11.3 Å². The first-order valence-corrected chi connectivity index (χ1v) is 6.35. The van der Waals surface area contributed by atoms with Gasteiger partial charge in [-0.2, -0.15) is 5.26 Å². The number of hydrogen-bond donors (Lipinski definition) is 1. The number of hydrogen-bond acceptors (Lipinski definition) is 5. The van der Waals surface area contributed by atoms with Crippen LogP contribution in [-0.2, 0) is 0 Å². The monoisotopic (exact) mass is 273 g/mol. The van der Waals surface area contributed by atoms with Crippen molar-refractivity contribution in [2.24, 2.45) is 0 Å². The second-order valence-corrected chi connectivity index (χ2v) is 4.88. The van der Waals surface area contributed by atoms with Crippen LogP contribution in [-0.4, -0.2) is 17.5 Å². The second kappa shape index (κ2) is 5.98. The molecule has 0 unspecified atom stereocenters. The Morgan fingerprint density at radius 1 is 1.53 bits per heavy atom. The summed E-state index contributed by atoms with van der Waals surface area (Å²) in [5.74, 6) is 0.234. The SMILES string of the molecule is Cc1ncc(C(=O)Nc2ccccc2OCC#N)s1. The predicted octanol–water partition coefficient (Wildman–Crippen LogP) is 2.61. The molecule has 6 heteroatoms. The lowest BCUT2D eigenvalue weighted by atomic mass is 10.3. The highest BCUT2D eigenvalue weighted by Crippen LogP contribution is 2.25. The third-order valence-electron chi connectivity index (χ3n) is 2.27. The molecule has 0 aliphatic rings. The molecule has 1 aromatic carbocycles. The molecule has 1 aromatic heterocycles. The van der Waals surface area contributed by atoms with Crippen molar-refractivity contribution in [1.29, 1.82) is 5.26 Å². The summed E-state index contributed by atoms with van der Waals surface area (Å²) < 4.78 is 5.24. The zero-order chi connectivity index (χ0) is 13.7. The van der Waals surface area contributed by atoms with Gasteiger partial charge in [0.25, 0.3) is 5.91 Å². The Morgan fingerprint density at radius 2 is 2.32 bits per heavy atom. The van der Waals surface area contributed by atoms with Gasteiger partial charge in [0.2, 0.25) is 0 Å². The molecule has 0 saturated carbocycles. The summed E-state index contributed by atoms with van der Waals surface area (Å²) in [7, 11) is 0. The van der Waals surface area contributed by atoms with E-state index in [0.717, 1.165) is 5.01 Å². The molecule has 2 rings (SSSR count). The Hall–Kier alpha value is -2.39. The number of rotatable bonds is 4. The highest BCUT2D eigenvalue weighted by Gasteiger charge is 2.11. The number of thiazole rings is 1. The number of aromatic nitrogens is 1. The van der Waals surface area contributed by atoms with Crippen molar-refractivity contribution in [1.82, 2.24) is 4.98 Å². The number of nitrogens with one attached hydrogen (secondary N) is 1. The lowest BCUT2D eigenvalue weighted by Crippen LogP contribution is -2.11. The molecule has 19 heavy (non-hydrogen) atoms. The Morgan fingerprint density at radius 3 is 3.00 bits per heavy atom. The maximum absolute atomic E-state index is 12.0. The molecule has 5 nitrogen and oxygen atoms in total. The first-order chi connectivity index (χ1) is 9.20. The fourth-order valence-corrected chi connectivity index (χ4v) is 2.13. The van der Waals surface area contributed by atoms with Gasteiger partial charge in [-0.05, 0) is 19.1 Å². The quantitative estimate of drug-likeness (QED) is 0.929. The zero-order valence-electron chi connectivity index (χ0n) is 10.2. The Kier molecular flexibility index (Phi) is 4.11. The third kappa shape index (κ3) is 3.30. The fourth-order valence-electron chi connectivity index (χ4n) is 1.46. The van der Waals surface area contributed by atoms with Gasteiger partial charge in [0.15, 0.2) is 6.61 Å². The van der Waals surface area contributed by atoms with Gasteiger partial charge in [0.05, 0.1) is 16.9 Å². The molecule has 0 atom stereocenters. The first-order valence-electron chi connectivity index (χ1n) is 5.53. The number of nitrogens with zero attached hydrogens (tertiary/aromatic N) is 2.